The fourth-order valence-corrected chi connectivity index (χ4v) is 2.28. The van der Waals surface area contributed by atoms with Gasteiger partial charge in [-0.05, 0) is 30.3 Å². The van der Waals surface area contributed by atoms with Crippen LogP contribution in [0, 0.1) is 11.6 Å². The molecule has 0 bridgehead atoms. The Balaban J connectivity index is 2.43. The van der Waals surface area contributed by atoms with E-state index in [0.29, 0.717) is 6.61 Å². The van der Waals surface area contributed by atoms with E-state index < -0.39 is 20.0 Å². The molecule has 0 radical (unpaired) electrons. The SMILES string of the molecule is CC(C)(C)[Si](C)(C)OCCOc1ccc(F)cc1F. The Kier molecular flexibility index (Phi) is 5.09. The van der Waals surface area contributed by atoms with Crippen LogP contribution in [0.25, 0.3) is 0 Å². The molecular formula is C14H22F2O2Si. The first kappa shape index (κ1) is 16.1. The van der Waals surface area contributed by atoms with Gasteiger partial charge in [-0.3, -0.25) is 0 Å². The van der Waals surface area contributed by atoms with Gasteiger partial charge in [-0.1, -0.05) is 20.8 Å². The van der Waals surface area contributed by atoms with E-state index in [4.69, 9.17) is 9.16 Å². The average Bonchev–Trinajstić information content (AvgIpc) is 2.25. The van der Waals surface area contributed by atoms with Gasteiger partial charge in [-0.2, -0.15) is 0 Å². The Hall–Kier alpha value is -0.943. The van der Waals surface area contributed by atoms with Crippen LogP contribution in [-0.4, -0.2) is 21.5 Å². The van der Waals surface area contributed by atoms with Crippen molar-refractivity contribution in [2.24, 2.45) is 0 Å². The number of rotatable bonds is 5. The van der Waals surface area contributed by atoms with Crippen molar-refractivity contribution in [1.29, 1.82) is 0 Å². The third-order valence-electron chi connectivity index (χ3n) is 3.50. The molecule has 0 aliphatic carbocycles. The van der Waals surface area contributed by atoms with Crippen LogP contribution >= 0.6 is 0 Å². The van der Waals surface area contributed by atoms with Crippen LogP contribution < -0.4 is 4.74 Å². The molecule has 5 heteroatoms. The molecule has 1 aromatic rings. The molecule has 0 amide bonds. The summed E-state index contributed by atoms with van der Waals surface area (Å²) in [6, 6.07) is 3.27. The molecule has 19 heavy (non-hydrogen) atoms. The van der Waals surface area contributed by atoms with Crippen LogP contribution in [0.4, 0.5) is 8.78 Å². The Morgan fingerprint density at radius 1 is 1.11 bits per heavy atom. The Labute approximate surface area is 114 Å². The quantitative estimate of drug-likeness (QED) is 0.592. The zero-order chi connectivity index (χ0) is 14.7. The maximum Gasteiger partial charge on any atom is 0.192 e. The first-order chi connectivity index (χ1) is 8.63. The van der Waals surface area contributed by atoms with E-state index in [2.05, 4.69) is 33.9 Å². The average molecular weight is 288 g/mol. The number of ether oxygens (including phenoxy) is 1. The monoisotopic (exact) mass is 288 g/mol. The van der Waals surface area contributed by atoms with Crippen LogP contribution in [0.5, 0.6) is 5.75 Å². The summed E-state index contributed by atoms with van der Waals surface area (Å²) in [4.78, 5) is 0. The molecule has 0 atom stereocenters. The Morgan fingerprint density at radius 3 is 2.26 bits per heavy atom. The van der Waals surface area contributed by atoms with Gasteiger partial charge in [0.05, 0.1) is 6.61 Å². The van der Waals surface area contributed by atoms with E-state index in [9.17, 15) is 8.78 Å². The fourth-order valence-electron chi connectivity index (χ4n) is 1.26. The van der Waals surface area contributed by atoms with Crippen molar-refractivity contribution >= 4 is 8.32 Å². The van der Waals surface area contributed by atoms with Gasteiger partial charge in [0.25, 0.3) is 0 Å². The van der Waals surface area contributed by atoms with Crippen LogP contribution in [0.1, 0.15) is 20.8 Å². The van der Waals surface area contributed by atoms with Crippen molar-refractivity contribution in [1.82, 2.24) is 0 Å². The highest BCUT2D eigenvalue weighted by Gasteiger charge is 2.36. The smallest absolute Gasteiger partial charge is 0.192 e. The van der Waals surface area contributed by atoms with Crippen molar-refractivity contribution in [3.05, 3.63) is 29.8 Å². The highest BCUT2D eigenvalue weighted by atomic mass is 28.4. The zero-order valence-corrected chi connectivity index (χ0v) is 13.2. The minimum atomic E-state index is -1.80. The molecule has 0 N–H and O–H groups in total. The predicted octanol–water partition coefficient (Wildman–Crippen LogP) is 4.37. The molecule has 0 spiro atoms. The number of hydrogen-bond donors (Lipinski definition) is 0. The molecule has 0 unspecified atom stereocenters. The van der Waals surface area contributed by atoms with Gasteiger partial charge in [-0.25, -0.2) is 8.78 Å². The second kappa shape index (κ2) is 6.01. The minimum Gasteiger partial charge on any atom is -0.488 e. The van der Waals surface area contributed by atoms with Gasteiger partial charge in [0.15, 0.2) is 19.9 Å². The molecule has 1 rings (SSSR count). The van der Waals surface area contributed by atoms with E-state index in [1.54, 1.807) is 0 Å². The molecule has 108 valence electrons. The third kappa shape index (κ3) is 4.58. The van der Waals surface area contributed by atoms with E-state index in [-0.39, 0.29) is 17.4 Å². The molecule has 1 aromatic carbocycles. The summed E-state index contributed by atoms with van der Waals surface area (Å²) >= 11 is 0. The molecule has 0 saturated carbocycles. The Morgan fingerprint density at radius 2 is 1.74 bits per heavy atom. The van der Waals surface area contributed by atoms with Crippen molar-refractivity contribution in [2.45, 2.75) is 38.9 Å². The summed E-state index contributed by atoms with van der Waals surface area (Å²) in [5.41, 5.74) is 0. The maximum atomic E-state index is 13.3. The fraction of sp³-hybridized carbons (Fsp3) is 0.571. The standard InChI is InChI=1S/C14H22F2O2Si/c1-14(2,3)19(4,5)18-9-8-17-13-7-6-11(15)10-12(13)16/h6-7,10H,8-9H2,1-5H3. The van der Waals surface area contributed by atoms with Crippen LogP contribution in [0.2, 0.25) is 18.1 Å². The second-order valence-corrected chi connectivity index (χ2v) is 10.8. The van der Waals surface area contributed by atoms with Crippen LogP contribution in [0.15, 0.2) is 18.2 Å². The van der Waals surface area contributed by atoms with E-state index in [1.807, 2.05) is 0 Å². The topological polar surface area (TPSA) is 18.5 Å². The minimum absolute atomic E-state index is 0.0558. The lowest BCUT2D eigenvalue weighted by Gasteiger charge is -2.36. The number of hydrogen-bond acceptors (Lipinski definition) is 2. The summed E-state index contributed by atoms with van der Waals surface area (Å²) in [6.45, 7) is 11.4. The number of benzene rings is 1. The van der Waals surface area contributed by atoms with Gasteiger partial charge in [0.2, 0.25) is 0 Å². The van der Waals surface area contributed by atoms with E-state index >= 15 is 0 Å². The van der Waals surface area contributed by atoms with Crippen LogP contribution in [-0.2, 0) is 4.43 Å². The highest BCUT2D eigenvalue weighted by Crippen LogP contribution is 2.36. The summed E-state index contributed by atoms with van der Waals surface area (Å²) in [6.07, 6.45) is 0. The van der Waals surface area contributed by atoms with Crippen molar-refractivity contribution in [3.8, 4) is 5.75 Å². The largest absolute Gasteiger partial charge is 0.488 e. The summed E-state index contributed by atoms with van der Waals surface area (Å²) in [7, 11) is -1.80. The van der Waals surface area contributed by atoms with E-state index in [1.165, 1.54) is 12.1 Å². The van der Waals surface area contributed by atoms with Crippen molar-refractivity contribution < 1.29 is 17.9 Å². The van der Waals surface area contributed by atoms with Crippen molar-refractivity contribution in [3.63, 3.8) is 0 Å². The zero-order valence-electron chi connectivity index (χ0n) is 12.2. The summed E-state index contributed by atoms with van der Waals surface area (Å²) in [5, 5.41) is 0.133. The predicted molar refractivity (Wildman–Crippen MR) is 75.0 cm³/mol. The van der Waals surface area contributed by atoms with Gasteiger partial charge in [0, 0.05) is 6.07 Å². The van der Waals surface area contributed by atoms with Gasteiger partial charge in [-0.15, -0.1) is 0 Å². The Bertz CT molecular complexity index is 428. The second-order valence-electron chi connectivity index (χ2n) is 6.03. The maximum absolute atomic E-state index is 13.3. The highest BCUT2D eigenvalue weighted by molar-refractivity contribution is 6.74. The lowest BCUT2D eigenvalue weighted by molar-refractivity contribution is 0.198. The molecule has 0 fully saturated rings. The third-order valence-corrected chi connectivity index (χ3v) is 8.04. The normalized spacial score (nSPS) is 12.6. The molecule has 0 aromatic heterocycles. The summed E-state index contributed by atoms with van der Waals surface area (Å²) in [5.74, 6) is -1.24. The lowest BCUT2D eigenvalue weighted by atomic mass is 10.2. The molecule has 0 heterocycles. The number of halogens is 2. The molecule has 2 nitrogen and oxygen atoms in total. The summed E-state index contributed by atoms with van der Waals surface area (Å²) < 4.78 is 37.2. The van der Waals surface area contributed by atoms with E-state index in [0.717, 1.165) is 6.07 Å². The molecule has 0 aliphatic heterocycles. The first-order valence-electron chi connectivity index (χ1n) is 6.35. The van der Waals surface area contributed by atoms with Crippen molar-refractivity contribution in [2.75, 3.05) is 13.2 Å². The van der Waals surface area contributed by atoms with Gasteiger partial charge < -0.3 is 9.16 Å². The molecule has 0 saturated heterocycles. The molecule has 0 aliphatic rings. The van der Waals surface area contributed by atoms with Gasteiger partial charge in [0.1, 0.15) is 12.4 Å². The first-order valence-corrected chi connectivity index (χ1v) is 9.26. The van der Waals surface area contributed by atoms with Gasteiger partial charge >= 0.3 is 0 Å². The van der Waals surface area contributed by atoms with Crippen LogP contribution in [0.3, 0.4) is 0 Å². The molecular weight excluding hydrogens is 266 g/mol. The lowest BCUT2D eigenvalue weighted by Crippen LogP contribution is -2.41.